The average molecular weight is 418 g/mol. The van der Waals surface area contributed by atoms with Gasteiger partial charge in [0, 0.05) is 35.6 Å². The molecule has 142 valence electrons. The molecule has 0 aliphatic rings. The van der Waals surface area contributed by atoms with E-state index >= 15 is 0 Å². The maximum atomic E-state index is 13.7. The van der Waals surface area contributed by atoms with E-state index in [-0.39, 0.29) is 17.4 Å². The molecule has 8 heteroatoms. The van der Waals surface area contributed by atoms with E-state index in [4.69, 9.17) is 38.1 Å². The van der Waals surface area contributed by atoms with Gasteiger partial charge in [0.15, 0.2) is 11.4 Å². The summed E-state index contributed by atoms with van der Waals surface area (Å²) in [4.78, 5) is 8.22. The van der Waals surface area contributed by atoms with Crippen molar-refractivity contribution < 1.29 is 13.5 Å². The van der Waals surface area contributed by atoms with Gasteiger partial charge < -0.3 is 14.9 Å². The van der Waals surface area contributed by atoms with Crippen LogP contribution in [0.3, 0.4) is 0 Å². The van der Waals surface area contributed by atoms with Gasteiger partial charge in [-0.3, -0.25) is 4.98 Å². The highest BCUT2D eigenvalue weighted by atomic mass is 35.5. The number of hydrogen-bond donors (Lipinski definition) is 1. The quantitative estimate of drug-likeness (QED) is 0.431. The van der Waals surface area contributed by atoms with Gasteiger partial charge in [0.1, 0.15) is 5.82 Å². The van der Waals surface area contributed by atoms with Crippen LogP contribution in [0.25, 0.3) is 22.1 Å². The molecule has 4 aromatic rings. The standard InChI is InChI=1S/C20H14Cl2FN3O2/c21-15-1-2-16(23)17(22)12(15)5-8-27-19-18-13(9-26-20(19)24)14(10-28-18)11-3-6-25-7-4-11/h1-4,6-7,9-10H,5,8H2,(H2,24,26). The third kappa shape index (κ3) is 3.37. The monoisotopic (exact) mass is 417 g/mol. The first kappa shape index (κ1) is 18.5. The third-order valence-corrected chi connectivity index (χ3v) is 5.09. The minimum atomic E-state index is -0.530. The number of furan rings is 1. The highest BCUT2D eigenvalue weighted by Gasteiger charge is 2.17. The van der Waals surface area contributed by atoms with Gasteiger partial charge in [0.25, 0.3) is 0 Å². The second kappa shape index (κ2) is 7.66. The summed E-state index contributed by atoms with van der Waals surface area (Å²) in [6.45, 7) is 0.166. The molecule has 3 heterocycles. The number of halogens is 3. The predicted octanol–water partition coefficient (Wildman–Crippen LogP) is 5.54. The van der Waals surface area contributed by atoms with Crippen LogP contribution in [0.1, 0.15) is 5.56 Å². The van der Waals surface area contributed by atoms with Crippen molar-refractivity contribution in [2.24, 2.45) is 0 Å². The molecule has 0 saturated carbocycles. The summed E-state index contributed by atoms with van der Waals surface area (Å²) in [5.41, 5.74) is 8.72. The molecule has 3 aromatic heterocycles. The molecular formula is C20H14Cl2FN3O2. The number of aromatic nitrogens is 2. The molecular weight excluding hydrogens is 404 g/mol. The Bertz CT molecular complexity index is 1150. The van der Waals surface area contributed by atoms with Crippen LogP contribution in [0.4, 0.5) is 10.2 Å². The van der Waals surface area contributed by atoms with Crippen LogP contribution in [-0.2, 0) is 6.42 Å². The molecule has 4 rings (SSSR count). The minimum Gasteiger partial charge on any atom is -0.486 e. The Hall–Kier alpha value is -2.83. The molecule has 0 saturated heterocycles. The summed E-state index contributed by atoms with van der Waals surface area (Å²) in [6, 6.07) is 6.42. The van der Waals surface area contributed by atoms with Crippen LogP contribution >= 0.6 is 23.2 Å². The first-order chi connectivity index (χ1) is 13.6. The van der Waals surface area contributed by atoms with E-state index in [0.29, 0.717) is 28.3 Å². The summed E-state index contributed by atoms with van der Waals surface area (Å²) in [5, 5.41) is 1.12. The third-order valence-electron chi connectivity index (χ3n) is 4.33. The molecule has 0 aliphatic heterocycles. The maximum absolute atomic E-state index is 13.7. The van der Waals surface area contributed by atoms with Crippen molar-refractivity contribution in [3.63, 3.8) is 0 Å². The molecule has 0 atom stereocenters. The molecule has 5 nitrogen and oxygen atoms in total. The summed E-state index contributed by atoms with van der Waals surface area (Å²) >= 11 is 12.1. The molecule has 2 N–H and O–H groups in total. The number of anilines is 1. The van der Waals surface area contributed by atoms with Gasteiger partial charge in [-0.05, 0) is 35.4 Å². The van der Waals surface area contributed by atoms with Gasteiger partial charge in [-0.2, -0.15) is 0 Å². The fourth-order valence-corrected chi connectivity index (χ4v) is 3.49. The van der Waals surface area contributed by atoms with Crippen LogP contribution in [-0.4, -0.2) is 16.6 Å². The van der Waals surface area contributed by atoms with E-state index in [1.165, 1.54) is 12.1 Å². The van der Waals surface area contributed by atoms with Gasteiger partial charge in [-0.25, -0.2) is 9.37 Å². The van der Waals surface area contributed by atoms with Crippen molar-refractivity contribution in [2.75, 3.05) is 12.3 Å². The van der Waals surface area contributed by atoms with E-state index in [1.54, 1.807) is 24.9 Å². The minimum absolute atomic E-state index is 0.0154. The number of nitrogen functional groups attached to an aromatic ring is 1. The number of benzene rings is 1. The molecule has 0 bridgehead atoms. The fourth-order valence-electron chi connectivity index (χ4n) is 2.93. The highest BCUT2D eigenvalue weighted by molar-refractivity contribution is 6.36. The first-order valence-electron chi connectivity index (χ1n) is 8.37. The summed E-state index contributed by atoms with van der Waals surface area (Å²) in [6.07, 6.45) is 6.94. The zero-order valence-electron chi connectivity index (χ0n) is 14.5. The van der Waals surface area contributed by atoms with Gasteiger partial charge >= 0.3 is 0 Å². The first-order valence-corrected chi connectivity index (χ1v) is 9.13. The Morgan fingerprint density at radius 2 is 1.93 bits per heavy atom. The van der Waals surface area contributed by atoms with Crippen molar-refractivity contribution in [3.05, 3.63) is 70.5 Å². The van der Waals surface area contributed by atoms with E-state index < -0.39 is 5.82 Å². The normalized spacial score (nSPS) is 11.1. The van der Waals surface area contributed by atoms with Crippen LogP contribution in [0.2, 0.25) is 10.0 Å². The lowest BCUT2D eigenvalue weighted by atomic mass is 10.1. The van der Waals surface area contributed by atoms with Gasteiger partial charge in [-0.15, -0.1) is 0 Å². The Kier molecular flexibility index (Phi) is 5.07. The number of nitrogens with zero attached hydrogens (tertiary/aromatic N) is 2. The number of rotatable bonds is 5. The van der Waals surface area contributed by atoms with Crippen LogP contribution in [0.5, 0.6) is 5.75 Å². The van der Waals surface area contributed by atoms with Crippen LogP contribution in [0, 0.1) is 5.82 Å². The Labute approximate surface area is 169 Å². The topological polar surface area (TPSA) is 74.2 Å². The van der Waals surface area contributed by atoms with Crippen molar-refractivity contribution in [3.8, 4) is 16.9 Å². The van der Waals surface area contributed by atoms with Crippen molar-refractivity contribution in [2.45, 2.75) is 6.42 Å². The lowest BCUT2D eigenvalue weighted by Gasteiger charge is -2.11. The second-order valence-electron chi connectivity index (χ2n) is 6.02. The number of hydrogen-bond acceptors (Lipinski definition) is 5. The lowest BCUT2D eigenvalue weighted by molar-refractivity contribution is 0.321. The molecule has 0 aliphatic carbocycles. The fraction of sp³-hybridized carbons (Fsp3) is 0.100. The second-order valence-corrected chi connectivity index (χ2v) is 6.81. The molecule has 0 unspecified atom stereocenters. The largest absolute Gasteiger partial charge is 0.486 e. The van der Waals surface area contributed by atoms with E-state index in [1.807, 2.05) is 12.1 Å². The Balaban J connectivity index is 1.62. The zero-order valence-corrected chi connectivity index (χ0v) is 16.0. The zero-order chi connectivity index (χ0) is 19.7. The molecule has 0 spiro atoms. The number of ether oxygens (including phenoxy) is 1. The number of fused-ring (bicyclic) bond motifs is 1. The number of nitrogens with two attached hydrogens (primary N) is 1. The average Bonchev–Trinajstić information content (AvgIpc) is 3.14. The number of pyridine rings is 2. The Morgan fingerprint density at radius 1 is 1.14 bits per heavy atom. The SMILES string of the molecule is Nc1ncc2c(-c3ccncc3)coc2c1OCCc1c(Cl)ccc(F)c1Cl. The van der Waals surface area contributed by atoms with Crippen molar-refractivity contribution in [1.29, 1.82) is 0 Å². The Morgan fingerprint density at radius 3 is 2.71 bits per heavy atom. The predicted molar refractivity (Wildman–Crippen MR) is 107 cm³/mol. The van der Waals surface area contributed by atoms with Gasteiger partial charge in [0.05, 0.1) is 23.3 Å². The highest BCUT2D eigenvalue weighted by Crippen LogP contribution is 2.37. The van der Waals surface area contributed by atoms with Gasteiger partial charge in [-0.1, -0.05) is 23.2 Å². The van der Waals surface area contributed by atoms with E-state index in [9.17, 15) is 4.39 Å². The molecule has 0 fully saturated rings. The van der Waals surface area contributed by atoms with Gasteiger partial charge in [0.2, 0.25) is 5.75 Å². The molecule has 1 aromatic carbocycles. The summed E-state index contributed by atoms with van der Waals surface area (Å²) < 4.78 is 25.2. The maximum Gasteiger partial charge on any atom is 0.205 e. The van der Waals surface area contributed by atoms with Crippen LogP contribution in [0.15, 0.2) is 53.5 Å². The summed E-state index contributed by atoms with van der Waals surface area (Å²) in [5.74, 6) is -0.0154. The summed E-state index contributed by atoms with van der Waals surface area (Å²) in [7, 11) is 0. The van der Waals surface area contributed by atoms with Crippen LogP contribution < -0.4 is 10.5 Å². The molecule has 0 radical (unpaired) electrons. The molecule has 0 amide bonds. The van der Waals surface area contributed by atoms with E-state index in [2.05, 4.69) is 9.97 Å². The molecule has 28 heavy (non-hydrogen) atoms. The smallest absolute Gasteiger partial charge is 0.205 e. The van der Waals surface area contributed by atoms with Crippen molar-refractivity contribution in [1.82, 2.24) is 9.97 Å². The lowest BCUT2D eigenvalue weighted by Crippen LogP contribution is -2.06. The van der Waals surface area contributed by atoms with Crippen molar-refractivity contribution >= 4 is 40.0 Å². The van der Waals surface area contributed by atoms with E-state index in [0.717, 1.165) is 16.5 Å².